The van der Waals surface area contributed by atoms with Crippen molar-refractivity contribution >= 4 is 51.6 Å². The molecular weight excluding hydrogens is 416 g/mol. The number of fused-ring (bicyclic) bond motifs is 1. The van der Waals surface area contributed by atoms with Crippen molar-refractivity contribution in [2.75, 3.05) is 19.0 Å². The van der Waals surface area contributed by atoms with Gasteiger partial charge in [-0.05, 0) is 53.7 Å². The highest BCUT2D eigenvalue weighted by Gasteiger charge is 2.35. The van der Waals surface area contributed by atoms with E-state index in [1.807, 2.05) is 6.07 Å². The van der Waals surface area contributed by atoms with Crippen LogP contribution in [0.4, 0.5) is 10.5 Å². The number of ether oxygens (including phenoxy) is 1. The second kappa shape index (κ2) is 8.97. The number of aromatic nitrogens is 2. The lowest BCUT2D eigenvalue weighted by atomic mass is 10.2. The number of amides is 3. The molecule has 156 valence electrons. The molecule has 9 heteroatoms. The van der Waals surface area contributed by atoms with Crippen LogP contribution < -0.4 is 10.1 Å². The first-order valence-corrected chi connectivity index (χ1v) is 10.3. The molecule has 0 spiro atoms. The van der Waals surface area contributed by atoms with Gasteiger partial charge in [0.1, 0.15) is 5.75 Å². The summed E-state index contributed by atoms with van der Waals surface area (Å²) in [7, 11) is 1.56. The maximum Gasteiger partial charge on any atom is 0.293 e. The first-order chi connectivity index (χ1) is 15.0. The number of benzene rings is 2. The van der Waals surface area contributed by atoms with E-state index in [0.717, 1.165) is 27.7 Å². The predicted molar refractivity (Wildman–Crippen MR) is 118 cm³/mol. The molecule has 0 radical (unpaired) electrons. The maximum atomic E-state index is 12.6. The summed E-state index contributed by atoms with van der Waals surface area (Å²) in [6, 6.07) is 12.4. The number of anilines is 1. The zero-order chi connectivity index (χ0) is 21.8. The number of carbonyl (C=O) groups is 3. The van der Waals surface area contributed by atoms with E-state index in [1.54, 1.807) is 62.0 Å². The minimum Gasteiger partial charge on any atom is -0.497 e. The molecule has 1 aliphatic rings. The van der Waals surface area contributed by atoms with E-state index >= 15 is 0 Å². The summed E-state index contributed by atoms with van der Waals surface area (Å²) < 4.78 is 5.18. The van der Waals surface area contributed by atoms with Gasteiger partial charge in [-0.2, -0.15) is 0 Å². The summed E-state index contributed by atoms with van der Waals surface area (Å²) in [5.74, 6) is -0.0602. The van der Waals surface area contributed by atoms with E-state index in [1.165, 1.54) is 0 Å². The zero-order valence-corrected chi connectivity index (χ0v) is 17.4. The van der Waals surface area contributed by atoms with E-state index in [9.17, 15) is 14.4 Å². The third kappa shape index (κ3) is 4.72. The van der Waals surface area contributed by atoms with Gasteiger partial charge in [0.15, 0.2) is 0 Å². The second-order valence-electron chi connectivity index (χ2n) is 6.67. The molecule has 3 amide bonds. The van der Waals surface area contributed by atoms with Crippen LogP contribution in [0.2, 0.25) is 0 Å². The SMILES string of the molecule is COc1cccc(/C=C2/SC(=O)N(CCC(=O)Nc3ccc4nccnc4c3)C2=O)c1. The normalized spacial score (nSPS) is 15.0. The summed E-state index contributed by atoms with van der Waals surface area (Å²) in [5, 5.41) is 2.36. The van der Waals surface area contributed by atoms with Crippen LogP contribution in [0.1, 0.15) is 12.0 Å². The Kier molecular flexibility index (Phi) is 5.94. The topological polar surface area (TPSA) is 101 Å². The molecule has 0 bridgehead atoms. The minimum absolute atomic E-state index is 0.000657. The highest BCUT2D eigenvalue weighted by atomic mass is 32.2. The van der Waals surface area contributed by atoms with Crippen molar-refractivity contribution in [3.05, 3.63) is 65.3 Å². The first-order valence-electron chi connectivity index (χ1n) is 9.43. The highest BCUT2D eigenvalue weighted by Crippen LogP contribution is 2.32. The molecule has 0 unspecified atom stereocenters. The molecule has 8 nitrogen and oxygen atoms in total. The summed E-state index contributed by atoms with van der Waals surface area (Å²) in [5.41, 5.74) is 2.71. The number of nitrogens with one attached hydrogen (secondary N) is 1. The van der Waals surface area contributed by atoms with Gasteiger partial charge in [-0.15, -0.1) is 0 Å². The fraction of sp³-hybridized carbons (Fsp3) is 0.136. The fourth-order valence-corrected chi connectivity index (χ4v) is 3.92. The molecular formula is C22H18N4O4S. The van der Waals surface area contributed by atoms with Crippen LogP contribution in [0.25, 0.3) is 17.1 Å². The summed E-state index contributed by atoms with van der Waals surface area (Å²) in [6.45, 7) is -0.000657. The Hall–Kier alpha value is -3.72. The molecule has 4 rings (SSSR count). The number of thioether (sulfide) groups is 1. The molecule has 1 saturated heterocycles. The lowest BCUT2D eigenvalue weighted by Gasteiger charge is -2.12. The Morgan fingerprint density at radius 2 is 1.94 bits per heavy atom. The number of rotatable bonds is 6. The number of hydrogen-bond donors (Lipinski definition) is 1. The van der Waals surface area contributed by atoms with Crippen molar-refractivity contribution in [1.82, 2.24) is 14.9 Å². The smallest absolute Gasteiger partial charge is 0.293 e. The van der Waals surface area contributed by atoms with Gasteiger partial charge in [-0.3, -0.25) is 29.3 Å². The Morgan fingerprint density at radius 3 is 2.74 bits per heavy atom. The van der Waals surface area contributed by atoms with Gasteiger partial charge in [-0.1, -0.05) is 12.1 Å². The molecule has 1 aromatic heterocycles. The van der Waals surface area contributed by atoms with Crippen LogP contribution in [0.15, 0.2) is 59.8 Å². The Labute approximate surface area is 182 Å². The molecule has 0 saturated carbocycles. The third-order valence-electron chi connectivity index (χ3n) is 4.58. The standard InChI is InChI=1S/C22H18N4O4S/c1-30-16-4-2-3-14(11-16)12-19-21(28)26(22(29)31-19)10-7-20(27)25-15-5-6-17-18(13-15)24-9-8-23-17/h2-6,8-9,11-13H,7,10H2,1H3,(H,25,27)/b19-12+. The average molecular weight is 434 g/mol. The molecule has 1 fully saturated rings. The summed E-state index contributed by atoms with van der Waals surface area (Å²) >= 11 is 0.858. The van der Waals surface area contributed by atoms with Crippen LogP contribution in [-0.4, -0.2) is 45.6 Å². The monoisotopic (exact) mass is 434 g/mol. The first kappa shape index (κ1) is 20.5. The van der Waals surface area contributed by atoms with E-state index < -0.39 is 11.1 Å². The molecule has 0 aliphatic carbocycles. The molecule has 31 heavy (non-hydrogen) atoms. The minimum atomic E-state index is -0.411. The zero-order valence-electron chi connectivity index (χ0n) is 16.6. The largest absolute Gasteiger partial charge is 0.497 e. The Morgan fingerprint density at radius 1 is 1.13 bits per heavy atom. The van der Waals surface area contributed by atoms with Gasteiger partial charge in [0.25, 0.3) is 11.1 Å². The molecule has 1 N–H and O–H groups in total. The van der Waals surface area contributed by atoms with Crippen LogP contribution in [-0.2, 0) is 9.59 Å². The van der Waals surface area contributed by atoms with Crippen molar-refractivity contribution in [2.24, 2.45) is 0 Å². The van der Waals surface area contributed by atoms with Crippen LogP contribution in [0.3, 0.4) is 0 Å². The van der Waals surface area contributed by atoms with Crippen molar-refractivity contribution in [1.29, 1.82) is 0 Å². The summed E-state index contributed by atoms with van der Waals surface area (Å²) in [4.78, 5) is 47.0. The average Bonchev–Trinajstić information content (AvgIpc) is 3.04. The lowest BCUT2D eigenvalue weighted by molar-refractivity contribution is -0.123. The van der Waals surface area contributed by atoms with E-state index in [4.69, 9.17) is 4.74 Å². The number of hydrogen-bond acceptors (Lipinski definition) is 7. The maximum absolute atomic E-state index is 12.6. The number of imide groups is 1. The highest BCUT2D eigenvalue weighted by molar-refractivity contribution is 8.18. The van der Waals surface area contributed by atoms with Gasteiger partial charge in [-0.25, -0.2) is 0 Å². The number of methoxy groups -OCH3 is 1. The van der Waals surface area contributed by atoms with Crippen molar-refractivity contribution in [3.63, 3.8) is 0 Å². The molecule has 0 atom stereocenters. The van der Waals surface area contributed by atoms with E-state index in [0.29, 0.717) is 21.9 Å². The molecule has 3 aromatic rings. The van der Waals surface area contributed by atoms with Crippen molar-refractivity contribution in [3.8, 4) is 5.75 Å². The summed E-state index contributed by atoms with van der Waals surface area (Å²) in [6.07, 6.45) is 4.80. The molecule has 2 aromatic carbocycles. The Balaban J connectivity index is 1.38. The van der Waals surface area contributed by atoms with Gasteiger partial charge in [0.05, 0.1) is 23.0 Å². The third-order valence-corrected chi connectivity index (χ3v) is 5.49. The quantitative estimate of drug-likeness (QED) is 0.590. The fourth-order valence-electron chi connectivity index (χ4n) is 3.05. The van der Waals surface area contributed by atoms with Crippen LogP contribution in [0, 0.1) is 0 Å². The van der Waals surface area contributed by atoms with Crippen LogP contribution >= 0.6 is 11.8 Å². The second-order valence-corrected chi connectivity index (χ2v) is 7.66. The van der Waals surface area contributed by atoms with Crippen molar-refractivity contribution in [2.45, 2.75) is 6.42 Å². The van der Waals surface area contributed by atoms with Gasteiger partial charge in [0, 0.05) is 31.0 Å². The predicted octanol–water partition coefficient (Wildman–Crippen LogP) is 3.70. The number of nitrogens with zero attached hydrogens (tertiary/aromatic N) is 3. The van der Waals surface area contributed by atoms with Crippen molar-refractivity contribution < 1.29 is 19.1 Å². The molecule has 2 heterocycles. The van der Waals surface area contributed by atoms with E-state index in [-0.39, 0.29) is 18.9 Å². The number of carbonyl (C=O) groups excluding carboxylic acids is 3. The van der Waals surface area contributed by atoms with Gasteiger partial charge >= 0.3 is 0 Å². The van der Waals surface area contributed by atoms with Gasteiger partial charge < -0.3 is 10.1 Å². The van der Waals surface area contributed by atoms with Crippen LogP contribution in [0.5, 0.6) is 5.75 Å². The molecule has 1 aliphatic heterocycles. The Bertz CT molecular complexity index is 1210. The van der Waals surface area contributed by atoms with E-state index in [2.05, 4.69) is 15.3 Å². The van der Waals surface area contributed by atoms with Gasteiger partial charge in [0.2, 0.25) is 5.91 Å². The lowest BCUT2D eigenvalue weighted by Crippen LogP contribution is -2.31.